The predicted molar refractivity (Wildman–Crippen MR) is 97.0 cm³/mol. The molecule has 0 radical (unpaired) electrons. The maximum atomic E-state index is 5.89. The molecule has 0 bridgehead atoms. The molecule has 0 aliphatic carbocycles. The molecular weight excluding hydrogens is 320 g/mol. The van der Waals surface area contributed by atoms with Gasteiger partial charge in [0.15, 0.2) is 11.8 Å². The molecule has 1 aromatic carbocycles. The van der Waals surface area contributed by atoms with Crippen molar-refractivity contribution in [1.29, 1.82) is 0 Å². The summed E-state index contributed by atoms with van der Waals surface area (Å²) in [7, 11) is 5.30. The van der Waals surface area contributed by atoms with Gasteiger partial charge in [0.25, 0.3) is 0 Å². The predicted octanol–water partition coefficient (Wildman–Crippen LogP) is 1.26. The molecule has 136 valence electrons. The zero-order valence-electron chi connectivity index (χ0n) is 15.4. The fraction of sp³-hybridized carbons (Fsp3) is 0.471. The number of methoxy groups -OCH3 is 1. The highest BCUT2D eigenvalue weighted by Crippen LogP contribution is 2.19. The molecule has 25 heavy (non-hydrogen) atoms. The van der Waals surface area contributed by atoms with Crippen LogP contribution < -0.4 is 20.1 Å². The zero-order valence-corrected chi connectivity index (χ0v) is 15.4. The second kappa shape index (κ2) is 8.91. The molecule has 2 N–H and O–H groups in total. The topological polar surface area (TPSA) is 85.6 Å². The lowest BCUT2D eigenvalue weighted by Crippen LogP contribution is -2.41. The molecule has 8 nitrogen and oxygen atoms in total. The summed E-state index contributed by atoms with van der Waals surface area (Å²) in [5, 5.41) is 14.6. The Morgan fingerprint density at radius 2 is 2.04 bits per heavy atom. The van der Waals surface area contributed by atoms with Crippen molar-refractivity contribution in [3.05, 3.63) is 35.9 Å². The van der Waals surface area contributed by atoms with Gasteiger partial charge in [0.05, 0.1) is 20.2 Å². The molecule has 0 fully saturated rings. The Morgan fingerprint density at radius 1 is 1.28 bits per heavy atom. The van der Waals surface area contributed by atoms with Gasteiger partial charge in [0.2, 0.25) is 0 Å². The Labute approximate surface area is 148 Å². The van der Waals surface area contributed by atoms with Crippen molar-refractivity contribution in [3.8, 4) is 11.5 Å². The van der Waals surface area contributed by atoms with E-state index in [0.717, 1.165) is 23.1 Å². The van der Waals surface area contributed by atoms with Crippen molar-refractivity contribution in [2.45, 2.75) is 26.5 Å². The Bertz CT molecular complexity index is 713. The largest absolute Gasteiger partial charge is 0.497 e. The molecule has 0 aliphatic rings. The smallest absolute Gasteiger partial charge is 0.191 e. The molecule has 0 saturated heterocycles. The van der Waals surface area contributed by atoms with E-state index in [1.807, 2.05) is 49.7 Å². The summed E-state index contributed by atoms with van der Waals surface area (Å²) in [5.74, 6) is 3.95. The second-order valence-corrected chi connectivity index (χ2v) is 5.64. The van der Waals surface area contributed by atoms with Crippen LogP contribution in [0.1, 0.15) is 18.6 Å². The van der Waals surface area contributed by atoms with Gasteiger partial charge in [-0.2, -0.15) is 0 Å². The van der Waals surface area contributed by atoms with Crippen molar-refractivity contribution in [3.63, 3.8) is 0 Å². The van der Waals surface area contributed by atoms with Crippen molar-refractivity contribution in [2.24, 2.45) is 12.0 Å². The quantitative estimate of drug-likeness (QED) is 0.580. The SMILES string of the molecule is CN=C(NCc1nnc(C)n1C)NCC(C)Oc1cccc(OC)c1. The maximum absolute atomic E-state index is 5.89. The number of aliphatic imine (C=N–C) groups is 1. The number of aryl methyl sites for hydroxylation is 1. The number of nitrogens with one attached hydrogen (secondary N) is 2. The van der Waals surface area contributed by atoms with E-state index >= 15 is 0 Å². The van der Waals surface area contributed by atoms with Crippen LogP contribution in [0.15, 0.2) is 29.3 Å². The molecule has 0 amide bonds. The molecular formula is C17H26N6O2. The normalized spacial score (nSPS) is 12.6. The summed E-state index contributed by atoms with van der Waals surface area (Å²) in [6, 6.07) is 7.55. The summed E-state index contributed by atoms with van der Waals surface area (Å²) in [6.07, 6.45) is -0.0391. The first kappa shape index (κ1) is 18.6. The van der Waals surface area contributed by atoms with E-state index < -0.39 is 0 Å². The fourth-order valence-electron chi connectivity index (χ4n) is 2.18. The van der Waals surface area contributed by atoms with Gasteiger partial charge in [-0.1, -0.05) is 6.07 Å². The summed E-state index contributed by atoms with van der Waals surface area (Å²) in [4.78, 5) is 4.21. The lowest BCUT2D eigenvalue weighted by atomic mass is 10.3. The van der Waals surface area contributed by atoms with Crippen molar-refractivity contribution in [1.82, 2.24) is 25.4 Å². The number of rotatable bonds is 7. The average molecular weight is 346 g/mol. The summed E-state index contributed by atoms with van der Waals surface area (Å²) in [5.41, 5.74) is 0. The van der Waals surface area contributed by atoms with Crippen LogP contribution in [0, 0.1) is 6.92 Å². The van der Waals surface area contributed by atoms with E-state index in [-0.39, 0.29) is 6.10 Å². The minimum atomic E-state index is -0.0391. The molecule has 1 aromatic heterocycles. The third-order valence-corrected chi connectivity index (χ3v) is 3.76. The van der Waals surface area contributed by atoms with E-state index in [9.17, 15) is 0 Å². The van der Waals surface area contributed by atoms with E-state index in [2.05, 4.69) is 25.8 Å². The third-order valence-electron chi connectivity index (χ3n) is 3.76. The highest BCUT2D eigenvalue weighted by molar-refractivity contribution is 5.79. The monoisotopic (exact) mass is 346 g/mol. The average Bonchev–Trinajstić information content (AvgIpc) is 2.94. The van der Waals surface area contributed by atoms with Crippen LogP contribution >= 0.6 is 0 Å². The number of guanidine groups is 1. The second-order valence-electron chi connectivity index (χ2n) is 5.64. The highest BCUT2D eigenvalue weighted by Gasteiger charge is 2.08. The molecule has 1 heterocycles. The molecule has 1 atom stereocenters. The number of ether oxygens (including phenoxy) is 2. The van der Waals surface area contributed by atoms with Gasteiger partial charge in [-0.3, -0.25) is 4.99 Å². The maximum Gasteiger partial charge on any atom is 0.191 e. The molecule has 1 unspecified atom stereocenters. The summed E-state index contributed by atoms with van der Waals surface area (Å²) < 4.78 is 13.0. The van der Waals surface area contributed by atoms with E-state index in [1.54, 1.807) is 14.2 Å². The van der Waals surface area contributed by atoms with Gasteiger partial charge in [0.1, 0.15) is 23.4 Å². The molecule has 2 rings (SSSR count). The Morgan fingerprint density at radius 3 is 2.68 bits per heavy atom. The summed E-state index contributed by atoms with van der Waals surface area (Å²) in [6.45, 7) is 5.06. The molecule has 0 saturated carbocycles. The minimum Gasteiger partial charge on any atom is -0.497 e. The molecule has 0 spiro atoms. The molecule has 2 aromatic rings. The van der Waals surface area contributed by atoms with Crippen LogP contribution in [-0.2, 0) is 13.6 Å². The van der Waals surface area contributed by atoms with E-state index in [4.69, 9.17) is 9.47 Å². The standard InChI is InChI=1S/C17H26N6O2/c1-12(25-15-8-6-7-14(9-15)24-5)10-19-17(18-3)20-11-16-22-21-13(2)23(16)4/h6-9,12H,10-11H2,1-5H3,(H2,18,19,20). The number of nitrogens with zero attached hydrogens (tertiary/aromatic N) is 4. The first-order chi connectivity index (χ1) is 12.0. The van der Waals surface area contributed by atoms with Crippen LogP contribution in [0.3, 0.4) is 0 Å². The van der Waals surface area contributed by atoms with Gasteiger partial charge in [-0.15, -0.1) is 10.2 Å². The van der Waals surface area contributed by atoms with Crippen molar-refractivity contribution >= 4 is 5.96 Å². The van der Waals surface area contributed by atoms with Crippen LogP contribution in [0.2, 0.25) is 0 Å². The van der Waals surface area contributed by atoms with Crippen molar-refractivity contribution < 1.29 is 9.47 Å². The number of benzene rings is 1. The van der Waals surface area contributed by atoms with Gasteiger partial charge in [-0.25, -0.2) is 0 Å². The minimum absolute atomic E-state index is 0.0391. The zero-order chi connectivity index (χ0) is 18.2. The van der Waals surface area contributed by atoms with E-state index in [1.165, 1.54) is 0 Å². The van der Waals surface area contributed by atoms with E-state index in [0.29, 0.717) is 19.0 Å². The first-order valence-corrected chi connectivity index (χ1v) is 8.13. The lowest BCUT2D eigenvalue weighted by molar-refractivity contribution is 0.223. The van der Waals surface area contributed by atoms with Gasteiger partial charge >= 0.3 is 0 Å². The fourth-order valence-corrected chi connectivity index (χ4v) is 2.18. The lowest BCUT2D eigenvalue weighted by Gasteiger charge is -2.18. The molecule has 8 heteroatoms. The van der Waals surface area contributed by atoms with Crippen LogP contribution in [0.5, 0.6) is 11.5 Å². The Balaban J connectivity index is 1.80. The van der Waals surface area contributed by atoms with Gasteiger partial charge in [0, 0.05) is 20.2 Å². The number of aromatic nitrogens is 3. The Hall–Kier alpha value is -2.77. The Kier molecular flexibility index (Phi) is 6.62. The van der Waals surface area contributed by atoms with Crippen molar-refractivity contribution in [2.75, 3.05) is 20.7 Å². The summed E-state index contributed by atoms with van der Waals surface area (Å²) >= 11 is 0. The van der Waals surface area contributed by atoms with Crippen LogP contribution in [-0.4, -0.2) is 47.5 Å². The van der Waals surface area contributed by atoms with Crippen LogP contribution in [0.4, 0.5) is 0 Å². The molecule has 0 aliphatic heterocycles. The number of hydrogen-bond acceptors (Lipinski definition) is 5. The van der Waals surface area contributed by atoms with Gasteiger partial charge < -0.3 is 24.7 Å². The highest BCUT2D eigenvalue weighted by atomic mass is 16.5. The van der Waals surface area contributed by atoms with Crippen LogP contribution in [0.25, 0.3) is 0 Å². The third kappa shape index (κ3) is 5.37. The number of hydrogen-bond donors (Lipinski definition) is 2. The van der Waals surface area contributed by atoms with Gasteiger partial charge in [-0.05, 0) is 26.0 Å². The first-order valence-electron chi connectivity index (χ1n) is 8.13.